The van der Waals surface area contributed by atoms with Crippen LogP contribution in [0.1, 0.15) is 41.0 Å². The quantitative estimate of drug-likeness (QED) is 0.662. The highest BCUT2D eigenvalue weighted by Gasteiger charge is 2.17. The van der Waals surface area contributed by atoms with Gasteiger partial charge in [0, 0.05) is 17.2 Å². The first-order chi connectivity index (χ1) is 8.70. The van der Waals surface area contributed by atoms with Crippen molar-refractivity contribution >= 4 is 17.9 Å². The van der Waals surface area contributed by atoms with Crippen molar-refractivity contribution in [3.63, 3.8) is 0 Å². The van der Waals surface area contributed by atoms with E-state index < -0.39 is 17.9 Å². The van der Waals surface area contributed by atoms with Gasteiger partial charge in [-0.25, -0.2) is 9.59 Å². The first-order valence-corrected chi connectivity index (χ1v) is 6.23. The monoisotopic (exact) mass is 270 g/mol. The zero-order valence-corrected chi connectivity index (χ0v) is 12.0. The fourth-order valence-corrected chi connectivity index (χ4v) is 1.27. The molecule has 0 aromatic rings. The van der Waals surface area contributed by atoms with Crippen molar-refractivity contribution in [2.75, 3.05) is 0 Å². The van der Waals surface area contributed by atoms with E-state index in [-0.39, 0.29) is 17.2 Å². The lowest BCUT2D eigenvalue weighted by atomic mass is 10.0. The molecule has 2 unspecified atom stereocenters. The smallest absolute Gasteiger partial charge is 0.331 e. The summed E-state index contributed by atoms with van der Waals surface area (Å²) < 4.78 is 0. The summed E-state index contributed by atoms with van der Waals surface area (Å²) in [6.07, 6.45) is 0.909. The molecule has 2 atom stereocenters. The van der Waals surface area contributed by atoms with E-state index in [1.165, 1.54) is 13.8 Å². The van der Waals surface area contributed by atoms with E-state index in [0.717, 1.165) is 6.42 Å². The Morgan fingerprint density at radius 1 is 1.11 bits per heavy atom. The first kappa shape index (κ1) is 17.2. The average Bonchev–Trinajstić information content (AvgIpc) is 2.35. The Hall–Kier alpha value is -1.85. The number of hydrogen-bond acceptors (Lipinski definition) is 3. The number of carboxylic acid groups (broad SMARTS) is 1. The third-order valence-corrected chi connectivity index (χ3v) is 3.31. The van der Waals surface area contributed by atoms with E-state index in [4.69, 9.17) is 5.11 Å². The Balaban J connectivity index is 4.55. The zero-order chi connectivity index (χ0) is 15.2. The van der Waals surface area contributed by atoms with Crippen molar-refractivity contribution < 1.29 is 19.5 Å². The summed E-state index contributed by atoms with van der Waals surface area (Å²) in [7, 11) is 0. The van der Waals surface area contributed by atoms with E-state index in [9.17, 15) is 14.4 Å². The Morgan fingerprint density at radius 3 is 2.05 bits per heavy atom. The normalized spacial score (nSPS) is 15.0. The van der Waals surface area contributed by atoms with E-state index in [0.29, 0.717) is 5.92 Å². The number of rotatable bonds is 5. The second kappa shape index (κ2) is 7.56. The fraction of sp³-hybridized carbons (Fsp3) is 0.615. The van der Waals surface area contributed by atoms with Crippen molar-refractivity contribution in [3.05, 3.63) is 11.1 Å². The topological polar surface area (TPSA) is 95.5 Å². The number of urea groups is 1. The summed E-state index contributed by atoms with van der Waals surface area (Å²) in [6.45, 7) is 8.53. The van der Waals surface area contributed by atoms with Gasteiger partial charge in [-0.15, -0.1) is 0 Å². The molecule has 3 N–H and O–H groups in total. The lowest BCUT2D eigenvalue weighted by Crippen LogP contribution is -2.46. The number of nitrogens with one attached hydrogen (secondary N) is 2. The van der Waals surface area contributed by atoms with Crippen molar-refractivity contribution in [2.24, 2.45) is 5.92 Å². The van der Waals surface area contributed by atoms with Crippen molar-refractivity contribution in [3.8, 4) is 0 Å². The van der Waals surface area contributed by atoms with Crippen molar-refractivity contribution in [1.82, 2.24) is 10.6 Å². The Kier molecular flexibility index (Phi) is 6.82. The van der Waals surface area contributed by atoms with Gasteiger partial charge in [0.25, 0.3) is 5.91 Å². The maximum atomic E-state index is 11.6. The Labute approximate surface area is 113 Å². The molecule has 0 fully saturated rings. The summed E-state index contributed by atoms with van der Waals surface area (Å²) in [5.41, 5.74) is -0.0703. The minimum atomic E-state index is -1.18. The van der Waals surface area contributed by atoms with Gasteiger partial charge in [0.15, 0.2) is 0 Å². The van der Waals surface area contributed by atoms with Gasteiger partial charge >= 0.3 is 12.0 Å². The molecule has 0 aliphatic heterocycles. The third kappa shape index (κ3) is 5.54. The molecule has 0 heterocycles. The van der Waals surface area contributed by atoms with Crippen LogP contribution in [0.2, 0.25) is 0 Å². The number of amides is 3. The van der Waals surface area contributed by atoms with Crippen LogP contribution >= 0.6 is 0 Å². The number of carbonyl (C=O) groups is 3. The van der Waals surface area contributed by atoms with Crippen molar-refractivity contribution in [2.45, 2.75) is 47.1 Å². The van der Waals surface area contributed by atoms with Gasteiger partial charge in [-0.05, 0) is 26.7 Å². The second-order valence-corrected chi connectivity index (χ2v) is 4.66. The molecule has 0 saturated carbocycles. The summed E-state index contributed by atoms with van der Waals surface area (Å²) >= 11 is 0. The maximum absolute atomic E-state index is 11.6. The summed E-state index contributed by atoms with van der Waals surface area (Å²) in [5, 5.41) is 13.5. The van der Waals surface area contributed by atoms with Gasteiger partial charge < -0.3 is 10.4 Å². The van der Waals surface area contributed by atoms with Crippen LogP contribution in [0, 0.1) is 5.92 Å². The molecule has 0 aliphatic rings. The van der Waals surface area contributed by atoms with Crippen LogP contribution < -0.4 is 10.6 Å². The molecule has 0 aromatic carbocycles. The number of aliphatic carboxylic acids is 1. The SMILES string of the molecule is CCC(C)C(C)NC(=O)NC(=O)C(C)=C(C)C(=O)O. The van der Waals surface area contributed by atoms with E-state index in [1.54, 1.807) is 0 Å². The summed E-state index contributed by atoms with van der Waals surface area (Å²) in [5.74, 6) is -1.59. The number of carboxylic acids is 1. The van der Waals surface area contributed by atoms with Crippen LogP contribution in [0.5, 0.6) is 0 Å². The number of imide groups is 1. The van der Waals surface area contributed by atoms with E-state index >= 15 is 0 Å². The standard InChI is InChI=1S/C13H22N2O4/c1-6-7(2)10(5)14-13(19)15-11(16)8(3)9(4)12(17)18/h7,10H,6H2,1-5H3,(H,17,18)(H2,14,15,16,19). The van der Waals surface area contributed by atoms with E-state index in [2.05, 4.69) is 10.6 Å². The van der Waals surface area contributed by atoms with Crippen LogP contribution in [0.4, 0.5) is 4.79 Å². The van der Waals surface area contributed by atoms with Crippen LogP contribution in [0.3, 0.4) is 0 Å². The fourth-order valence-electron chi connectivity index (χ4n) is 1.27. The molecule has 3 amide bonds. The molecule has 0 bridgehead atoms. The lowest BCUT2D eigenvalue weighted by molar-refractivity contribution is -0.133. The lowest BCUT2D eigenvalue weighted by Gasteiger charge is -2.19. The highest BCUT2D eigenvalue weighted by molar-refractivity contribution is 6.07. The molecule has 0 aliphatic carbocycles. The van der Waals surface area contributed by atoms with Gasteiger partial charge in [-0.2, -0.15) is 0 Å². The Morgan fingerprint density at radius 2 is 1.63 bits per heavy atom. The Bertz CT molecular complexity index is 401. The van der Waals surface area contributed by atoms with Crippen LogP contribution in [-0.2, 0) is 9.59 Å². The zero-order valence-electron chi connectivity index (χ0n) is 12.0. The molecule has 19 heavy (non-hydrogen) atoms. The minimum absolute atomic E-state index is 0.0128. The van der Waals surface area contributed by atoms with Gasteiger partial charge in [0.2, 0.25) is 0 Å². The van der Waals surface area contributed by atoms with E-state index in [1.807, 2.05) is 20.8 Å². The third-order valence-electron chi connectivity index (χ3n) is 3.31. The van der Waals surface area contributed by atoms with Crippen molar-refractivity contribution in [1.29, 1.82) is 0 Å². The first-order valence-electron chi connectivity index (χ1n) is 6.23. The molecule has 0 saturated heterocycles. The van der Waals surface area contributed by atoms with Gasteiger partial charge in [0.05, 0.1) is 0 Å². The molecule has 0 radical (unpaired) electrons. The van der Waals surface area contributed by atoms with Gasteiger partial charge in [-0.1, -0.05) is 20.3 Å². The molecule has 6 nitrogen and oxygen atoms in total. The average molecular weight is 270 g/mol. The number of carbonyl (C=O) groups excluding carboxylic acids is 2. The van der Waals surface area contributed by atoms with Crippen LogP contribution in [-0.4, -0.2) is 29.1 Å². The highest BCUT2D eigenvalue weighted by atomic mass is 16.4. The van der Waals surface area contributed by atoms with Crippen LogP contribution in [0.25, 0.3) is 0 Å². The minimum Gasteiger partial charge on any atom is -0.478 e. The second-order valence-electron chi connectivity index (χ2n) is 4.66. The molecule has 0 rings (SSSR count). The molecule has 108 valence electrons. The number of hydrogen-bond donors (Lipinski definition) is 3. The molecular formula is C13H22N2O4. The molecule has 0 aromatic heterocycles. The predicted octanol–water partition coefficient (Wildman–Crippen LogP) is 1.67. The van der Waals surface area contributed by atoms with Gasteiger partial charge in [-0.3, -0.25) is 10.1 Å². The molecule has 6 heteroatoms. The largest absolute Gasteiger partial charge is 0.478 e. The van der Waals surface area contributed by atoms with Gasteiger partial charge in [0.1, 0.15) is 0 Å². The maximum Gasteiger partial charge on any atom is 0.331 e. The summed E-state index contributed by atoms with van der Waals surface area (Å²) in [6, 6.07) is -0.682. The predicted molar refractivity (Wildman–Crippen MR) is 71.6 cm³/mol. The summed E-state index contributed by atoms with van der Waals surface area (Å²) in [4.78, 5) is 33.9. The van der Waals surface area contributed by atoms with Crippen LogP contribution in [0.15, 0.2) is 11.1 Å². The highest BCUT2D eigenvalue weighted by Crippen LogP contribution is 2.06. The molecular weight excluding hydrogens is 248 g/mol. The molecule has 0 spiro atoms.